The highest BCUT2D eigenvalue weighted by atomic mass is 35.5. The van der Waals surface area contributed by atoms with E-state index in [4.69, 9.17) is 17.3 Å². The Morgan fingerprint density at radius 2 is 2.11 bits per heavy atom. The molecule has 2 rings (SSSR count). The number of aromatic nitrogens is 3. The number of anilines is 2. The maximum atomic E-state index is 6.19. The molecule has 0 aliphatic rings. The minimum Gasteiger partial charge on any atom is -0.399 e. The van der Waals surface area contributed by atoms with Gasteiger partial charge >= 0.3 is 0 Å². The molecule has 3 N–H and O–H groups in total. The lowest BCUT2D eigenvalue weighted by atomic mass is 10.2. The van der Waals surface area contributed by atoms with Crippen LogP contribution in [0.25, 0.3) is 11.4 Å². The van der Waals surface area contributed by atoms with Crippen LogP contribution < -0.4 is 11.1 Å². The summed E-state index contributed by atoms with van der Waals surface area (Å²) < 4.78 is 1.98. The second kappa shape index (κ2) is 5.27. The first kappa shape index (κ1) is 12.7. The Bertz CT molecular complexity index is 549. The van der Waals surface area contributed by atoms with E-state index in [0.717, 1.165) is 30.4 Å². The fourth-order valence-electron chi connectivity index (χ4n) is 1.80. The highest BCUT2D eigenvalue weighted by Gasteiger charge is 2.14. The summed E-state index contributed by atoms with van der Waals surface area (Å²) >= 11 is 6.19. The van der Waals surface area contributed by atoms with Crippen molar-refractivity contribution < 1.29 is 0 Å². The Hall–Kier alpha value is -1.75. The van der Waals surface area contributed by atoms with Gasteiger partial charge in [0.15, 0.2) is 5.82 Å². The molecule has 0 saturated heterocycles. The highest BCUT2D eigenvalue weighted by molar-refractivity contribution is 6.33. The van der Waals surface area contributed by atoms with Gasteiger partial charge in [-0.2, -0.15) is 0 Å². The van der Waals surface area contributed by atoms with Crippen LogP contribution in [0.4, 0.5) is 11.6 Å². The van der Waals surface area contributed by atoms with Gasteiger partial charge in [0.25, 0.3) is 0 Å². The third-order valence-corrected chi connectivity index (χ3v) is 2.96. The second-order valence-electron chi connectivity index (χ2n) is 3.86. The van der Waals surface area contributed by atoms with Crippen molar-refractivity contribution in [2.45, 2.75) is 20.4 Å². The van der Waals surface area contributed by atoms with E-state index in [9.17, 15) is 0 Å². The quantitative estimate of drug-likeness (QED) is 0.834. The zero-order valence-corrected chi connectivity index (χ0v) is 11.2. The van der Waals surface area contributed by atoms with E-state index in [2.05, 4.69) is 15.5 Å². The lowest BCUT2D eigenvalue weighted by Crippen LogP contribution is -2.07. The minimum atomic E-state index is 0.620. The molecule has 0 spiro atoms. The van der Waals surface area contributed by atoms with Crippen LogP contribution >= 0.6 is 11.6 Å². The summed E-state index contributed by atoms with van der Waals surface area (Å²) in [6, 6.07) is 5.35. The summed E-state index contributed by atoms with van der Waals surface area (Å²) in [4.78, 5) is 0. The SMILES string of the molecule is CCNc1nnc(-c2cc(N)ccc2Cl)n1CC. The van der Waals surface area contributed by atoms with Crippen LogP contribution in [0.1, 0.15) is 13.8 Å². The van der Waals surface area contributed by atoms with Gasteiger partial charge in [-0.15, -0.1) is 10.2 Å². The number of hydrogen-bond acceptors (Lipinski definition) is 4. The Morgan fingerprint density at radius 3 is 2.78 bits per heavy atom. The molecule has 5 nitrogen and oxygen atoms in total. The van der Waals surface area contributed by atoms with Gasteiger partial charge in [-0.05, 0) is 32.0 Å². The normalized spacial score (nSPS) is 10.6. The number of nitrogens with two attached hydrogens (primary N) is 1. The zero-order valence-electron chi connectivity index (χ0n) is 10.4. The average Bonchev–Trinajstić information content (AvgIpc) is 2.75. The van der Waals surface area contributed by atoms with Crippen LogP contribution in [0.3, 0.4) is 0 Å². The van der Waals surface area contributed by atoms with Gasteiger partial charge in [-0.25, -0.2) is 0 Å². The van der Waals surface area contributed by atoms with Crippen LogP contribution in [0.5, 0.6) is 0 Å². The van der Waals surface area contributed by atoms with Crippen molar-refractivity contribution in [3.8, 4) is 11.4 Å². The van der Waals surface area contributed by atoms with E-state index < -0.39 is 0 Å². The van der Waals surface area contributed by atoms with Crippen molar-refractivity contribution in [2.75, 3.05) is 17.6 Å². The Kier molecular flexibility index (Phi) is 3.72. The Labute approximate surface area is 111 Å². The fourth-order valence-corrected chi connectivity index (χ4v) is 2.01. The maximum absolute atomic E-state index is 6.19. The predicted octanol–water partition coefficient (Wildman–Crippen LogP) is 2.63. The zero-order chi connectivity index (χ0) is 13.1. The average molecular weight is 266 g/mol. The maximum Gasteiger partial charge on any atom is 0.224 e. The van der Waals surface area contributed by atoms with E-state index >= 15 is 0 Å². The first-order valence-corrected chi connectivity index (χ1v) is 6.27. The number of rotatable bonds is 4. The van der Waals surface area contributed by atoms with Gasteiger partial charge in [0.2, 0.25) is 5.95 Å². The number of benzene rings is 1. The number of hydrogen-bond donors (Lipinski definition) is 2. The third kappa shape index (κ3) is 2.26. The summed E-state index contributed by atoms with van der Waals surface area (Å²) in [5, 5.41) is 12.1. The van der Waals surface area contributed by atoms with E-state index in [1.165, 1.54) is 0 Å². The summed E-state index contributed by atoms with van der Waals surface area (Å²) in [7, 11) is 0. The summed E-state index contributed by atoms with van der Waals surface area (Å²) in [6.45, 7) is 5.61. The molecule has 0 bridgehead atoms. The van der Waals surface area contributed by atoms with Crippen LogP contribution in [0.2, 0.25) is 5.02 Å². The first-order chi connectivity index (χ1) is 8.67. The van der Waals surface area contributed by atoms with E-state index in [1.807, 2.05) is 24.5 Å². The monoisotopic (exact) mass is 265 g/mol. The van der Waals surface area contributed by atoms with Crippen molar-refractivity contribution in [3.05, 3.63) is 23.2 Å². The molecule has 0 radical (unpaired) electrons. The van der Waals surface area contributed by atoms with Crippen molar-refractivity contribution in [1.29, 1.82) is 0 Å². The molecule has 18 heavy (non-hydrogen) atoms. The molecule has 0 aliphatic carbocycles. The van der Waals surface area contributed by atoms with E-state index in [0.29, 0.717) is 10.7 Å². The molecule has 96 valence electrons. The summed E-state index contributed by atoms with van der Waals surface area (Å²) in [5.41, 5.74) is 7.25. The molecule has 1 heterocycles. The number of nitrogen functional groups attached to an aromatic ring is 1. The number of halogens is 1. The smallest absolute Gasteiger partial charge is 0.224 e. The standard InChI is InChI=1S/C12H16ClN5/c1-3-15-12-17-16-11(18(12)4-2)9-7-8(14)5-6-10(9)13/h5-7H,3-4,14H2,1-2H3,(H,15,17). The van der Waals surface area contributed by atoms with Crippen molar-refractivity contribution >= 4 is 23.2 Å². The van der Waals surface area contributed by atoms with Gasteiger partial charge in [0.1, 0.15) is 0 Å². The number of nitrogens with one attached hydrogen (secondary N) is 1. The molecular weight excluding hydrogens is 250 g/mol. The molecule has 0 fully saturated rings. The van der Waals surface area contributed by atoms with Crippen LogP contribution in [-0.2, 0) is 6.54 Å². The molecule has 0 saturated carbocycles. The molecule has 0 atom stereocenters. The van der Waals surface area contributed by atoms with Crippen LogP contribution in [0, 0.1) is 0 Å². The highest BCUT2D eigenvalue weighted by Crippen LogP contribution is 2.29. The predicted molar refractivity (Wildman–Crippen MR) is 74.7 cm³/mol. The molecular formula is C12H16ClN5. The lowest BCUT2D eigenvalue weighted by Gasteiger charge is -2.09. The molecule has 0 unspecified atom stereocenters. The summed E-state index contributed by atoms with van der Waals surface area (Å²) in [6.07, 6.45) is 0. The van der Waals surface area contributed by atoms with Gasteiger partial charge in [0, 0.05) is 24.3 Å². The van der Waals surface area contributed by atoms with Gasteiger partial charge in [-0.3, -0.25) is 4.57 Å². The summed E-state index contributed by atoms with van der Waals surface area (Å²) in [5.74, 6) is 1.47. The fraction of sp³-hybridized carbons (Fsp3) is 0.333. The molecule has 0 amide bonds. The van der Waals surface area contributed by atoms with Crippen molar-refractivity contribution in [1.82, 2.24) is 14.8 Å². The first-order valence-electron chi connectivity index (χ1n) is 5.89. The van der Waals surface area contributed by atoms with Crippen molar-refractivity contribution in [2.24, 2.45) is 0 Å². The van der Waals surface area contributed by atoms with E-state index in [1.54, 1.807) is 12.1 Å². The van der Waals surface area contributed by atoms with Crippen molar-refractivity contribution in [3.63, 3.8) is 0 Å². The lowest BCUT2D eigenvalue weighted by molar-refractivity contribution is 0.770. The molecule has 6 heteroatoms. The van der Waals surface area contributed by atoms with Gasteiger partial charge in [0.05, 0.1) is 5.02 Å². The van der Waals surface area contributed by atoms with Gasteiger partial charge in [-0.1, -0.05) is 11.6 Å². The van der Waals surface area contributed by atoms with E-state index in [-0.39, 0.29) is 0 Å². The van der Waals surface area contributed by atoms with Gasteiger partial charge < -0.3 is 11.1 Å². The van der Waals surface area contributed by atoms with Crippen LogP contribution in [-0.4, -0.2) is 21.3 Å². The largest absolute Gasteiger partial charge is 0.399 e. The molecule has 2 aromatic rings. The number of nitrogens with zero attached hydrogens (tertiary/aromatic N) is 3. The topological polar surface area (TPSA) is 68.8 Å². The molecule has 1 aromatic heterocycles. The van der Waals surface area contributed by atoms with Crippen LogP contribution in [0.15, 0.2) is 18.2 Å². The third-order valence-electron chi connectivity index (χ3n) is 2.63. The molecule has 0 aliphatic heterocycles. The Morgan fingerprint density at radius 1 is 1.33 bits per heavy atom. The molecule has 1 aromatic carbocycles. The second-order valence-corrected chi connectivity index (χ2v) is 4.27. The Balaban J connectivity index is 2.53. The minimum absolute atomic E-state index is 0.620.